The van der Waals surface area contributed by atoms with Gasteiger partial charge < -0.3 is 20.4 Å². The summed E-state index contributed by atoms with van der Waals surface area (Å²) in [5.74, 6) is -0.609. The highest BCUT2D eigenvalue weighted by Gasteiger charge is 2.30. The van der Waals surface area contributed by atoms with Crippen molar-refractivity contribution in [2.24, 2.45) is 0 Å². The van der Waals surface area contributed by atoms with E-state index in [9.17, 15) is 19.4 Å². The van der Waals surface area contributed by atoms with Gasteiger partial charge in [0.05, 0.1) is 12.7 Å². The smallest absolute Gasteiger partial charge is 0.254 e. The van der Waals surface area contributed by atoms with Gasteiger partial charge >= 0.3 is 0 Å². The lowest BCUT2D eigenvalue weighted by molar-refractivity contribution is 0.0706. The first-order valence-corrected chi connectivity index (χ1v) is 11.8. The SMILES string of the molecule is O=C(c1ccc(C[C@@H]2CC[C@H]([C@H](O)c3ccccc3)N2)cc1)N(CCO)Cc1ccccc1F. The summed E-state index contributed by atoms with van der Waals surface area (Å²) in [5, 5.41) is 23.6. The Bertz CT molecular complexity index is 1070. The number of carbonyl (C=O) groups is 1. The first kappa shape index (κ1) is 24.1. The summed E-state index contributed by atoms with van der Waals surface area (Å²) in [7, 11) is 0. The lowest BCUT2D eigenvalue weighted by atomic mass is 10.0. The average Bonchev–Trinajstić information content (AvgIpc) is 3.33. The monoisotopic (exact) mass is 462 g/mol. The maximum Gasteiger partial charge on any atom is 0.254 e. The van der Waals surface area contributed by atoms with E-state index in [1.165, 1.54) is 11.0 Å². The number of benzene rings is 3. The van der Waals surface area contributed by atoms with Gasteiger partial charge in [-0.05, 0) is 48.6 Å². The number of aliphatic hydroxyl groups is 2. The van der Waals surface area contributed by atoms with E-state index >= 15 is 0 Å². The van der Waals surface area contributed by atoms with Crippen molar-refractivity contribution in [3.8, 4) is 0 Å². The van der Waals surface area contributed by atoms with Gasteiger partial charge in [-0.2, -0.15) is 0 Å². The minimum Gasteiger partial charge on any atom is -0.395 e. The minimum atomic E-state index is -0.529. The fraction of sp³-hybridized carbons (Fsp3) is 0.321. The predicted molar refractivity (Wildman–Crippen MR) is 130 cm³/mol. The second-order valence-corrected chi connectivity index (χ2v) is 8.85. The Kier molecular flexibility index (Phi) is 8.06. The van der Waals surface area contributed by atoms with Gasteiger partial charge in [0, 0.05) is 36.3 Å². The van der Waals surface area contributed by atoms with Gasteiger partial charge in [0.25, 0.3) is 5.91 Å². The third-order valence-electron chi connectivity index (χ3n) is 6.46. The zero-order valence-electron chi connectivity index (χ0n) is 19.1. The fourth-order valence-corrected chi connectivity index (χ4v) is 4.60. The molecule has 1 heterocycles. The van der Waals surface area contributed by atoms with Crippen molar-refractivity contribution < 1.29 is 19.4 Å². The van der Waals surface area contributed by atoms with E-state index in [0.29, 0.717) is 11.1 Å². The standard InChI is InChI=1S/C28H31FN2O3/c29-25-9-5-4-8-23(25)19-31(16-17-32)28(34)22-12-10-20(11-13-22)18-24-14-15-26(30-24)27(33)21-6-2-1-3-7-21/h1-13,24,26-27,30,32-33H,14-19H2/t24-,26+,27+/m0/s1. The first-order chi connectivity index (χ1) is 16.5. The molecule has 1 amide bonds. The van der Waals surface area contributed by atoms with Crippen LogP contribution in [-0.4, -0.2) is 46.3 Å². The number of aliphatic hydroxyl groups excluding tert-OH is 2. The van der Waals surface area contributed by atoms with Gasteiger partial charge in [0.15, 0.2) is 0 Å². The van der Waals surface area contributed by atoms with Crippen LogP contribution in [0.3, 0.4) is 0 Å². The number of nitrogens with one attached hydrogen (secondary N) is 1. The Hall–Kier alpha value is -3.06. The number of amides is 1. The van der Waals surface area contributed by atoms with Crippen molar-refractivity contribution in [1.82, 2.24) is 10.2 Å². The van der Waals surface area contributed by atoms with Crippen molar-refractivity contribution in [2.75, 3.05) is 13.2 Å². The Labute approximate surface area is 199 Å². The van der Waals surface area contributed by atoms with Crippen LogP contribution in [0.15, 0.2) is 78.9 Å². The number of halogens is 1. The van der Waals surface area contributed by atoms with Gasteiger partial charge in [-0.15, -0.1) is 0 Å². The molecule has 3 N–H and O–H groups in total. The highest BCUT2D eigenvalue weighted by molar-refractivity contribution is 5.94. The molecule has 0 unspecified atom stereocenters. The fourth-order valence-electron chi connectivity index (χ4n) is 4.60. The van der Waals surface area contributed by atoms with Crippen LogP contribution >= 0.6 is 0 Å². The van der Waals surface area contributed by atoms with Crippen LogP contribution in [0.2, 0.25) is 0 Å². The van der Waals surface area contributed by atoms with Gasteiger partial charge in [-0.1, -0.05) is 60.7 Å². The third kappa shape index (κ3) is 5.89. The summed E-state index contributed by atoms with van der Waals surface area (Å²) in [5.41, 5.74) is 2.95. The van der Waals surface area contributed by atoms with Crippen LogP contribution in [0.25, 0.3) is 0 Å². The molecule has 3 aromatic carbocycles. The topological polar surface area (TPSA) is 72.8 Å². The number of carbonyl (C=O) groups excluding carboxylic acids is 1. The van der Waals surface area contributed by atoms with Crippen LogP contribution in [0.4, 0.5) is 4.39 Å². The molecule has 1 aliphatic rings. The Morgan fingerprint density at radius 2 is 1.71 bits per heavy atom. The third-order valence-corrected chi connectivity index (χ3v) is 6.46. The van der Waals surface area contributed by atoms with Crippen LogP contribution in [0.5, 0.6) is 0 Å². The zero-order chi connectivity index (χ0) is 23.9. The minimum absolute atomic E-state index is 0.0265. The zero-order valence-corrected chi connectivity index (χ0v) is 19.1. The quantitative estimate of drug-likeness (QED) is 0.452. The number of nitrogens with zero attached hydrogens (tertiary/aromatic N) is 1. The van der Waals surface area contributed by atoms with Crippen molar-refractivity contribution in [1.29, 1.82) is 0 Å². The van der Waals surface area contributed by atoms with E-state index < -0.39 is 6.10 Å². The molecule has 34 heavy (non-hydrogen) atoms. The summed E-state index contributed by atoms with van der Waals surface area (Å²) < 4.78 is 14.1. The molecule has 0 bridgehead atoms. The molecular formula is C28H31FN2O3. The lowest BCUT2D eigenvalue weighted by Gasteiger charge is -2.22. The van der Waals surface area contributed by atoms with Gasteiger partial charge in [0.1, 0.15) is 5.82 Å². The van der Waals surface area contributed by atoms with Crippen molar-refractivity contribution >= 4 is 5.91 Å². The van der Waals surface area contributed by atoms with Crippen molar-refractivity contribution in [3.63, 3.8) is 0 Å². The molecule has 0 saturated carbocycles. The maximum absolute atomic E-state index is 14.1. The number of hydrogen-bond donors (Lipinski definition) is 3. The van der Waals surface area contributed by atoms with E-state index in [2.05, 4.69) is 5.32 Å². The molecule has 6 heteroatoms. The van der Waals surface area contributed by atoms with Crippen LogP contribution in [-0.2, 0) is 13.0 Å². The molecular weight excluding hydrogens is 431 g/mol. The molecule has 1 fully saturated rings. The van der Waals surface area contributed by atoms with E-state index in [-0.39, 0.29) is 43.5 Å². The molecule has 1 aliphatic heterocycles. The summed E-state index contributed by atoms with van der Waals surface area (Å²) in [6.45, 7) is 0.0403. The molecule has 1 saturated heterocycles. The molecule has 3 aromatic rings. The van der Waals surface area contributed by atoms with E-state index in [1.54, 1.807) is 30.3 Å². The van der Waals surface area contributed by atoms with Crippen molar-refractivity contribution in [2.45, 2.75) is 44.0 Å². The molecule has 0 aliphatic carbocycles. The van der Waals surface area contributed by atoms with Crippen LogP contribution in [0, 0.1) is 5.82 Å². The van der Waals surface area contributed by atoms with Crippen molar-refractivity contribution in [3.05, 3.63) is 107 Å². The average molecular weight is 463 g/mol. The van der Waals surface area contributed by atoms with Crippen LogP contribution in [0.1, 0.15) is 46.0 Å². The summed E-state index contributed by atoms with van der Waals surface area (Å²) in [6, 6.07) is 23.8. The largest absolute Gasteiger partial charge is 0.395 e. The molecule has 3 atom stereocenters. The van der Waals surface area contributed by atoms with Crippen LogP contribution < -0.4 is 5.32 Å². The maximum atomic E-state index is 14.1. The molecule has 5 nitrogen and oxygen atoms in total. The molecule has 178 valence electrons. The summed E-state index contributed by atoms with van der Waals surface area (Å²) >= 11 is 0. The Morgan fingerprint density at radius 1 is 1.00 bits per heavy atom. The van der Waals surface area contributed by atoms with Gasteiger partial charge in [-0.3, -0.25) is 4.79 Å². The van der Waals surface area contributed by atoms with E-state index in [4.69, 9.17) is 0 Å². The second kappa shape index (κ2) is 11.4. The molecule has 0 spiro atoms. The number of rotatable bonds is 9. The number of hydrogen-bond acceptors (Lipinski definition) is 4. The molecule has 4 rings (SSSR count). The summed E-state index contributed by atoms with van der Waals surface area (Å²) in [6.07, 6.45) is 2.16. The molecule has 0 aromatic heterocycles. The van der Waals surface area contributed by atoms with Gasteiger partial charge in [0.2, 0.25) is 0 Å². The highest BCUT2D eigenvalue weighted by atomic mass is 19.1. The lowest BCUT2D eigenvalue weighted by Crippen LogP contribution is -2.35. The predicted octanol–water partition coefficient (Wildman–Crippen LogP) is 3.86. The summed E-state index contributed by atoms with van der Waals surface area (Å²) in [4.78, 5) is 14.5. The highest BCUT2D eigenvalue weighted by Crippen LogP contribution is 2.26. The second-order valence-electron chi connectivity index (χ2n) is 8.85. The first-order valence-electron chi connectivity index (χ1n) is 11.8. The normalized spacial score (nSPS) is 18.6. The van der Waals surface area contributed by atoms with E-state index in [0.717, 1.165) is 30.4 Å². The Morgan fingerprint density at radius 3 is 2.41 bits per heavy atom. The van der Waals surface area contributed by atoms with E-state index in [1.807, 2.05) is 42.5 Å². The molecule has 0 radical (unpaired) electrons. The van der Waals surface area contributed by atoms with Gasteiger partial charge in [-0.25, -0.2) is 4.39 Å². The Balaban J connectivity index is 1.36.